The molecule has 5 rings (SSSR count). The molecule has 2 N–H and O–H groups in total. The molecule has 1 unspecified atom stereocenters. The molecule has 1 atom stereocenters. The second-order valence-corrected chi connectivity index (χ2v) is 10.4. The Morgan fingerprint density at radius 3 is 2.59 bits per heavy atom. The molecule has 1 saturated heterocycles. The van der Waals surface area contributed by atoms with Crippen molar-refractivity contribution in [3.8, 4) is 28.8 Å². The van der Waals surface area contributed by atoms with Crippen molar-refractivity contribution in [2.24, 2.45) is 0 Å². The Hall–Kier alpha value is -4.75. The number of hydrogen-bond donors (Lipinski definition) is 1. The number of amides is 1. The van der Waals surface area contributed by atoms with E-state index in [0.29, 0.717) is 48.0 Å². The normalized spacial score (nSPS) is 15.7. The maximum absolute atomic E-state index is 13.5. The predicted octanol–water partition coefficient (Wildman–Crippen LogP) is 5.12. The van der Waals surface area contributed by atoms with Crippen LogP contribution in [0.15, 0.2) is 72.6 Å². The maximum Gasteiger partial charge on any atom is 0.264 e. The first-order valence-electron chi connectivity index (χ1n) is 13.7. The van der Waals surface area contributed by atoms with E-state index in [0.717, 1.165) is 24.2 Å². The molecule has 1 amide bonds. The molecular weight excluding hydrogens is 518 g/mol. The highest BCUT2D eigenvalue weighted by molar-refractivity contribution is 5.99. The van der Waals surface area contributed by atoms with Crippen LogP contribution in [0.2, 0.25) is 0 Å². The quantitative estimate of drug-likeness (QED) is 0.224. The van der Waals surface area contributed by atoms with Crippen molar-refractivity contribution in [3.63, 3.8) is 0 Å². The van der Waals surface area contributed by atoms with Crippen LogP contribution in [0, 0.1) is 11.3 Å². The average molecular weight is 552 g/mol. The van der Waals surface area contributed by atoms with Gasteiger partial charge in [-0.05, 0) is 76.1 Å². The topological polar surface area (TPSA) is 132 Å². The molecular formula is C31H33N7O3. The first-order valence-corrected chi connectivity index (χ1v) is 13.7. The lowest BCUT2D eigenvalue weighted by atomic mass is 10.0. The van der Waals surface area contributed by atoms with Crippen LogP contribution in [0.4, 0.5) is 5.82 Å². The van der Waals surface area contributed by atoms with E-state index >= 15 is 0 Å². The van der Waals surface area contributed by atoms with Crippen molar-refractivity contribution in [1.29, 1.82) is 5.26 Å². The highest BCUT2D eigenvalue weighted by Gasteiger charge is 2.33. The summed E-state index contributed by atoms with van der Waals surface area (Å²) in [4.78, 5) is 23.9. The Kier molecular flexibility index (Phi) is 7.99. The number of carbonyl (C=O) groups is 1. The Morgan fingerprint density at radius 2 is 1.88 bits per heavy atom. The second kappa shape index (κ2) is 11.8. The molecule has 3 heterocycles. The largest absolute Gasteiger partial charge is 0.457 e. The van der Waals surface area contributed by atoms with E-state index in [1.807, 2.05) is 75.4 Å². The van der Waals surface area contributed by atoms with E-state index in [1.54, 1.807) is 15.7 Å². The summed E-state index contributed by atoms with van der Waals surface area (Å²) in [7, 11) is 0. The summed E-state index contributed by atoms with van der Waals surface area (Å²) >= 11 is 0. The summed E-state index contributed by atoms with van der Waals surface area (Å²) in [5.74, 6) is 1.47. The number of fused-ring (bicyclic) bond motifs is 1. The molecule has 2 aromatic carbocycles. The minimum absolute atomic E-state index is 0.0748. The number of rotatable bonds is 9. The molecule has 0 radical (unpaired) electrons. The van der Waals surface area contributed by atoms with E-state index < -0.39 is 5.60 Å². The molecule has 2 aromatic heterocycles. The summed E-state index contributed by atoms with van der Waals surface area (Å²) in [6, 6.07) is 19.1. The van der Waals surface area contributed by atoms with E-state index in [9.17, 15) is 10.1 Å². The number of benzene rings is 2. The lowest BCUT2D eigenvalue weighted by Crippen LogP contribution is -2.39. The van der Waals surface area contributed by atoms with Crippen molar-refractivity contribution in [1.82, 2.24) is 24.6 Å². The van der Waals surface area contributed by atoms with Crippen LogP contribution in [0.25, 0.3) is 22.3 Å². The lowest BCUT2D eigenvalue weighted by Gasteiger charge is -2.26. The third-order valence-electron chi connectivity index (χ3n) is 7.05. The van der Waals surface area contributed by atoms with Gasteiger partial charge in [0.05, 0.1) is 23.6 Å². The monoisotopic (exact) mass is 551 g/mol. The number of para-hydroxylation sites is 1. The van der Waals surface area contributed by atoms with Crippen molar-refractivity contribution >= 4 is 22.8 Å². The van der Waals surface area contributed by atoms with Crippen LogP contribution in [0.1, 0.15) is 33.6 Å². The van der Waals surface area contributed by atoms with E-state index in [2.05, 4.69) is 16.0 Å². The van der Waals surface area contributed by atoms with Gasteiger partial charge in [0.15, 0.2) is 5.65 Å². The number of carbonyl (C=O) groups excluding carboxylic acids is 1. The zero-order chi connectivity index (χ0) is 29.0. The molecule has 10 heteroatoms. The molecule has 0 saturated carbocycles. The molecule has 41 heavy (non-hydrogen) atoms. The van der Waals surface area contributed by atoms with Gasteiger partial charge in [-0.25, -0.2) is 14.6 Å². The SMILES string of the molecule is CCOC(C)(C)C=C(C#N)C(=O)N1CCCC1Cn1nc(-c2ccc(Oc3ccccc3)cc2)c2c(N)ncnc21. The van der Waals surface area contributed by atoms with Gasteiger partial charge in [-0.15, -0.1) is 0 Å². The van der Waals surface area contributed by atoms with Crippen LogP contribution in [0.5, 0.6) is 11.5 Å². The fourth-order valence-corrected chi connectivity index (χ4v) is 5.22. The average Bonchev–Trinajstić information content (AvgIpc) is 3.58. The molecule has 210 valence electrons. The smallest absolute Gasteiger partial charge is 0.264 e. The zero-order valence-corrected chi connectivity index (χ0v) is 23.4. The van der Waals surface area contributed by atoms with Gasteiger partial charge < -0.3 is 20.1 Å². The van der Waals surface area contributed by atoms with Gasteiger partial charge in [0.25, 0.3) is 5.91 Å². The van der Waals surface area contributed by atoms with Gasteiger partial charge in [-0.3, -0.25) is 4.79 Å². The number of nitriles is 1. The second-order valence-electron chi connectivity index (χ2n) is 10.4. The van der Waals surface area contributed by atoms with E-state index in [4.69, 9.17) is 20.3 Å². The molecule has 0 aliphatic carbocycles. The van der Waals surface area contributed by atoms with Crippen molar-refractivity contribution < 1.29 is 14.3 Å². The maximum atomic E-state index is 13.5. The van der Waals surface area contributed by atoms with Crippen LogP contribution in [0.3, 0.4) is 0 Å². The first kappa shape index (κ1) is 27.8. The van der Waals surface area contributed by atoms with Gasteiger partial charge in [-0.2, -0.15) is 10.4 Å². The Bertz CT molecular complexity index is 1600. The number of anilines is 1. The van der Waals surface area contributed by atoms with Gasteiger partial charge >= 0.3 is 0 Å². The predicted molar refractivity (Wildman–Crippen MR) is 156 cm³/mol. The number of aromatic nitrogens is 4. The van der Waals surface area contributed by atoms with Crippen LogP contribution in [-0.4, -0.2) is 55.4 Å². The minimum atomic E-state index is -0.728. The fraction of sp³-hybridized carbons (Fsp3) is 0.323. The highest BCUT2D eigenvalue weighted by Crippen LogP contribution is 2.33. The number of nitrogens with zero attached hydrogens (tertiary/aromatic N) is 6. The molecule has 1 fully saturated rings. The molecule has 1 aliphatic rings. The van der Waals surface area contributed by atoms with E-state index in [1.165, 1.54) is 6.33 Å². The Morgan fingerprint density at radius 1 is 1.15 bits per heavy atom. The number of nitrogen functional groups attached to an aromatic ring is 1. The summed E-state index contributed by atoms with van der Waals surface area (Å²) in [5, 5.41) is 15.3. The molecule has 0 spiro atoms. The number of nitrogens with two attached hydrogens (primary N) is 1. The van der Waals surface area contributed by atoms with Gasteiger partial charge in [0.2, 0.25) is 0 Å². The van der Waals surface area contributed by atoms with Crippen molar-refractivity contribution in [3.05, 3.63) is 72.6 Å². The third kappa shape index (κ3) is 6.05. The lowest BCUT2D eigenvalue weighted by molar-refractivity contribution is -0.127. The number of ether oxygens (including phenoxy) is 2. The van der Waals surface area contributed by atoms with Crippen molar-refractivity contribution in [2.45, 2.75) is 51.8 Å². The van der Waals surface area contributed by atoms with Crippen LogP contribution < -0.4 is 10.5 Å². The Balaban J connectivity index is 1.42. The van der Waals surface area contributed by atoms with Gasteiger partial charge in [-0.1, -0.05) is 18.2 Å². The van der Waals surface area contributed by atoms with Gasteiger partial charge in [0.1, 0.15) is 41.0 Å². The highest BCUT2D eigenvalue weighted by atomic mass is 16.5. The molecule has 1 aliphatic heterocycles. The van der Waals surface area contributed by atoms with E-state index in [-0.39, 0.29) is 17.5 Å². The molecule has 10 nitrogen and oxygen atoms in total. The van der Waals surface area contributed by atoms with Crippen LogP contribution in [-0.2, 0) is 16.1 Å². The van der Waals surface area contributed by atoms with Crippen molar-refractivity contribution in [2.75, 3.05) is 18.9 Å². The van der Waals surface area contributed by atoms with Gasteiger partial charge in [0, 0.05) is 18.7 Å². The Labute approximate surface area is 239 Å². The fourth-order valence-electron chi connectivity index (χ4n) is 5.22. The summed E-state index contributed by atoms with van der Waals surface area (Å²) in [5.41, 5.74) is 7.74. The number of likely N-dealkylation sites (tertiary alicyclic amines) is 1. The summed E-state index contributed by atoms with van der Waals surface area (Å²) < 4.78 is 13.4. The zero-order valence-electron chi connectivity index (χ0n) is 23.4. The van der Waals surface area contributed by atoms with Crippen LogP contribution >= 0.6 is 0 Å². The number of hydrogen-bond acceptors (Lipinski definition) is 8. The minimum Gasteiger partial charge on any atom is -0.457 e. The third-order valence-corrected chi connectivity index (χ3v) is 7.05. The standard InChI is InChI=1S/C31H33N7O3/c1-4-40-31(2,3)17-22(18-32)30(39)37-16-8-9-23(37)19-38-29-26(28(33)34-20-35-29)27(36-38)21-12-14-25(15-13-21)41-24-10-6-5-7-11-24/h5-7,10-15,17,20,23H,4,8-9,16,19H2,1-3H3,(H2,33,34,35). The molecule has 4 aromatic rings. The summed E-state index contributed by atoms with van der Waals surface area (Å²) in [6.07, 6.45) is 4.63. The molecule has 0 bridgehead atoms. The summed E-state index contributed by atoms with van der Waals surface area (Å²) in [6.45, 7) is 7.00. The first-order chi connectivity index (χ1) is 19.8.